The summed E-state index contributed by atoms with van der Waals surface area (Å²) in [4.78, 5) is 7.22. The number of halogens is 1. The standard InChI is InChI=1S/C8H8ClN2P.C2H6/c1-4-2-10-6-5(4)3-11-8(9)7(6)12;1-2/h2-3,10H,12H2,1H3;1-2H3. The molecule has 1 unspecified atom stereocenters. The van der Waals surface area contributed by atoms with E-state index in [1.165, 1.54) is 5.56 Å². The molecule has 0 saturated carbocycles. The van der Waals surface area contributed by atoms with Crippen LogP contribution in [0.5, 0.6) is 0 Å². The lowest BCUT2D eigenvalue weighted by Gasteiger charge is -1.97. The molecule has 2 aromatic heterocycles. The van der Waals surface area contributed by atoms with Gasteiger partial charge < -0.3 is 4.98 Å². The summed E-state index contributed by atoms with van der Waals surface area (Å²) in [5, 5.41) is 2.60. The number of aryl methyl sites for hydroxylation is 1. The largest absolute Gasteiger partial charge is 0.360 e. The Morgan fingerprint density at radius 3 is 2.71 bits per heavy atom. The van der Waals surface area contributed by atoms with Crippen molar-refractivity contribution in [3.05, 3.63) is 23.1 Å². The van der Waals surface area contributed by atoms with Gasteiger partial charge in [0.15, 0.2) is 0 Å². The Bertz CT molecular complexity index is 437. The molecule has 0 aliphatic rings. The third-order valence-corrected chi connectivity index (χ3v) is 2.97. The van der Waals surface area contributed by atoms with Crippen molar-refractivity contribution in [2.75, 3.05) is 0 Å². The molecule has 76 valence electrons. The highest BCUT2D eigenvalue weighted by Crippen LogP contribution is 2.18. The van der Waals surface area contributed by atoms with Crippen molar-refractivity contribution >= 4 is 37.0 Å². The Labute approximate surface area is 91.3 Å². The molecule has 2 rings (SSSR count). The molecule has 2 nitrogen and oxygen atoms in total. The molecule has 14 heavy (non-hydrogen) atoms. The molecule has 0 amide bonds. The number of fused-ring (bicyclic) bond motifs is 1. The average molecular weight is 229 g/mol. The first-order valence-corrected chi connectivity index (χ1v) is 5.53. The number of H-pyrrole nitrogens is 1. The third kappa shape index (κ3) is 1.92. The fourth-order valence-corrected chi connectivity index (χ4v) is 1.67. The molecule has 0 fully saturated rings. The molecule has 2 aromatic rings. The van der Waals surface area contributed by atoms with Gasteiger partial charge in [0.25, 0.3) is 0 Å². The van der Waals surface area contributed by atoms with Crippen molar-refractivity contribution in [3.63, 3.8) is 0 Å². The first-order chi connectivity index (χ1) is 6.70. The second kappa shape index (κ2) is 4.77. The van der Waals surface area contributed by atoms with Gasteiger partial charge in [-0.15, -0.1) is 0 Å². The molecule has 1 N–H and O–H groups in total. The van der Waals surface area contributed by atoms with Crippen LogP contribution in [0.15, 0.2) is 12.4 Å². The van der Waals surface area contributed by atoms with Crippen molar-refractivity contribution in [2.45, 2.75) is 20.8 Å². The Kier molecular flexibility index (Phi) is 3.91. The second-order valence-corrected chi connectivity index (χ2v) is 3.66. The predicted molar refractivity (Wildman–Crippen MR) is 66.5 cm³/mol. The molecular formula is C10H14ClN2P. The van der Waals surface area contributed by atoms with E-state index in [1.54, 1.807) is 6.20 Å². The highest BCUT2D eigenvalue weighted by atomic mass is 35.5. The zero-order valence-electron chi connectivity index (χ0n) is 8.56. The van der Waals surface area contributed by atoms with Gasteiger partial charge in [-0.2, -0.15) is 0 Å². The SMILES string of the molecule is CC.Cc1c[nH]c2c(P)c(Cl)ncc12. The van der Waals surface area contributed by atoms with Crippen LogP contribution in [-0.4, -0.2) is 9.97 Å². The highest BCUT2D eigenvalue weighted by Gasteiger charge is 2.05. The molecule has 2 heterocycles. The van der Waals surface area contributed by atoms with E-state index < -0.39 is 0 Å². The van der Waals surface area contributed by atoms with Crippen LogP contribution >= 0.6 is 20.8 Å². The minimum atomic E-state index is 0.536. The van der Waals surface area contributed by atoms with Gasteiger partial charge in [0, 0.05) is 23.1 Å². The molecule has 0 radical (unpaired) electrons. The summed E-state index contributed by atoms with van der Waals surface area (Å²) in [5.41, 5.74) is 2.25. The lowest BCUT2D eigenvalue weighted by Crippen LogP contribution is -1.97. The summed E-state index contributed by atoms with van der Waals surface area (Å²) >= 11 is 5.84. The highest BCUT2D eigenvalue weighted by molar-refractivity contribution is 7.28. The van der Waals surface area contributed by atoms with E-state index in [0.717, 1.165) is 16.2 Å². The molecule has 0 spiro atoms. The summed E-state index contributed by atoms with van der Waals surface area (Å²) in [6, 6.07) is 0. The molecular weight excluding hydrogens is 215 g/mol. The second-order valence-electron chi connectivity index (χ2n) is 2.72. The summed E-state index contributed by atoms with van der Waals surface area (Å²) < 4.78 is 0. The fourth-order valence-electron chi connectivity index (χ4n) is 1.22. The summed E-state index contributed by atoms with van der Waals surface area (Å²) in [7, 11) is 2.59. The van der Waals surface area contributed by atoms with Gasteiger partial charge in [0.1, 0.15) is 5.15 Å². The van der Waals surface area contributed by atoms with E-state index >= 15 is 0 Å². The van der Waals surface area contributed by atoms with Crippen LogP contribution in [0.4, 0.5) is 0 Å². The predicted octanol–water partition coefficient (Wildman–Crippen LogP) is 3.05. The van der Waals surface area contributed by atoms with Crippen LogP contribution in [0.25, 0.3) is 10.9 Å². The minimum Gasteiger partial charge on any atom is -0.360 e. The Morgan fingerprint density at radius 2 is 2.07 bits per heavy atom. The third-order valence-electron chi connectivity index (χ3n) is 1.93. The Balaban J connectivity index is 0.000000461. The fraction of sp³-hybridized carbons (Fsp3) is 0.300. The maximum Gasteiger partial charge on any atom is 0.138 e. The number of nitrogens with zero attached hydrogens (tertiary/aromatic N) is 1. The number of pyridine rings is 1. The number of hydrogen-bond donors (Lipinski definition) is 1. The maximum atomic E-state index is 5.84. The summed E-state index contributed by atoms with van der Waals surface area (Å²) in [5.74, 6) is 0. The molecule has 1 atom stereocenters. The van der Waals surface area contributed by atoms with Gasteiger partial charge in [-0.25, -0.2) is 4.98 Å². The molecule has 4 heteroatoms. The van der Waals surface area contributed by atoms with Gasteiger partial charge in [0.2, 0.25) is 0 Å². The summed E-state index contributed by atoms with van der Waals surface area (Å²) in [6.45, 7) is 6.04. The molecule has 0 saturated heterocycles. The van der Waals surface area contributed by atoms with Crippen LogP contribution in [0.2, 0.25) is 5.15 Å². The monoisotopic (exact) mass is 228 g/mol. The van der Waals surface area contributed by atoms with E-state index in [9.17, 15) is 0 Å². The van der Waals surface area contributed by atoms with E-state index in [2.05, 4.69) is 19.2 Å². The number of nitrogens with one attached hydrogen (secondary N) is 1. The first-order valence-electron chi connectivity index (χ1n) is 4.58. The van der Waals surface area contributed by atoms with Crippen LogP contribution in [-0.2, 0) is 0 Å². The van der Waals surface area contributed by atoms with Crippen molar-refractivity contribution in [2.24, 2.45) is 0 Å². The Hall–Kier alpha value is -0.590. The van der Waals surface area contributed by atoms with Gasteiger partial charge in [-0.1, -0.05) is 34.7 Å². The van der Waals surface area contributed by atoms with Gasteiger partial charge in [-0.3, -0.25) is 0 Å². The topological polar surface area (TPSA) is 28.7 Å². The number of aromatic amines is 1. The lowest BCUT2D eigenvalue weighted by molar-refractivity contribution is 1.37. The van der Waals surface area contributed by atoms with E-state index in [-0.39, 0.29) is 0 Å². The minimum absolute atomic E-state index is 0.536. The average Bonchev–Trinajstić information content (AvgIpc) is 2.58. The molecule has 0 aromatic carbocycles. The molecule has 0 aliphatic carbocycles. The van der Waals surface area contributed by atoms with Crippen molar-refractivity contribution < 1.29 is 0 Å². The quantitative estimate of drug-likeness (QED) is 0.545. The zero-order valence-corrected chi connectivity index (χ0v) is 10.5. The van der Waals surface area contributed by atoms with Crippen molar-refractivity contribution in [1.82, 2.24) is 9.97 Å². The van der Waals surface area contributed by atoms with Crippen LogP contribution in [0.1, 0.15) is 19.4 Å². The van der Waals surface area contributed by atoms with Crippen LogP contribution < -0.4 is 5.30 Å². The lowest BCUT2D eigenvalue weighted by atomic mass is 10.2. The number of aromatic nitrogens is 2. The van der Waals surface area contributed by atoms with Crippen LogP contribution in [0, 0.1) is 6.92 Å². The smallest absolute Gasteiger partial charge is 0.138 e. The van der Waals surface area contributed by atoms with E-state index in [0.29, 0.717) is 5.15 Å². The van der Waals surface area contributed by atoms with Gasteiger partial charge >= 0.3 is 0 Å². The van der Waals surface area contributed by atoms with Crippen molar-refractivity contribution in [1.29, 1.82) is 0 Å². The van der Waals surface area contributed by atoms with Crippen molar-refractivity contribution in [3.8, 4) is 0 Å². The summed E-state index contributed by atoms with van der Waals surface area (Å²) in [6.07, 6.45) is 3.74. The van der Waals surface area contributed by atoms with Gasteiger partial charge in [0.05, 0.1) is 5.52 Å². The Morgan fingerprint density at radius 1 is 1.43 bits per heavy atom. The normalized spacial score (nSPS) is 9.79. The van der Waals surface area contributed by atoms with Gasteiger partial charge in [-0.05, 0) is 12.5 Å². The van der Waals surface area contributed by atoms with Crippen LogP contribution in [0.3, 0.4) is 0 Å². The number of rotatable bonds is 0. The number of hydrogen-bond acceptors (Lipinski definition) is 1. The van der Waals surface area contributed by atoms with E-state index in [1.807, 2.05) is 27.0 Å². The zero-order chi connectivity index (χ0) is 10.7. The molecule has 0 bridgehead atoms. The first kappa shape index (κ1) is 11.5. The van der Waals surface area contributed by atoms with E-state index in [4.69, 9.17) is 11.6 Å². The molecule has 0 aliphatic heterocycles. The maximum absolute atomic E-state index is 5.84.